The van der Waals surface area contributed by atoms with E-state index in [1.54, 1.807) is 17.0 Å². The van der Waals surface area contributed by atoms with Crippen LogP contribution in [0.3, 0.4) is 0 Å². The summed E-state index contributed by atoms with van der Waals surface area (Å²) in [5.41, 5.74) is 1.15. The third-order valence-electron chi connectivity index (χ3n) is 6.71. The first-order valence-electron chi connectivity index (χ1n) is 10.2. The molecule has 5 heteroatoms. The van der Waals surface area contributed by atoms with Gasteiger partial charge in [0.1, 0.15) is 0 Å². The summed E-state index contributed by atoms with van der Waals surface area (Å²) >= 11 is 6.04. The van der Waals surface area contributed by atoms with Gasteiger partial charge in [-0.05, 0) is 55.2 Å². The van der Waals surface area contributed by atoms with Crippen LogP contribution in [0.5, 0.6) is 0 Å². The first kappa shape index (κ1) is 20.2. The van der Waals surface area contributed by atoms with Gasteiger partial charge in [-0.1, -0.05) is 44.9 Å². The second-order valence-corrected chi connectivity index (χ2v) is 9.22. The quantitative estimate of drug-likeness (QED) is 0.784. The van der Waals surface area contributed by atoms with Crippen molar-refractivity contribution in [2.24, 2.45) is 17.3 Å². The topological polar surface area (TPSA) is 49.4 Å². The van der Waals surface area contributed by atoms with E-state index >= 15 is 0 Å². The Bertz CT molecular complexity index is 695. The second-order valence-electron chi connectivity index (χ2n) is 8.78. The van der Waals surface area contributed by atoms with Crippen LogP contribution in [0.15, 0.2) is 24.3 Å². The molecule has 1 atom stereocenters. The molecule has 3 rings (SSSR count). The molecule has 2 aliphatic rings. The largest absolute Gasteiger partial charge is 0.353 e. The minimum Gasteiger partial charge on any atom is -0.353 e. The molecule has 2 amide bonds. The minimum atomic E-state index is -0.277. The zero-order chi connectivity index (χ0) is 19.6. The van der Waals surface area contributed by atoms with Gasteiger partial charge < -0.3 is 10.2 Å². The van der Waals surface area contributed by atoms with Crippen molar-refractivity contribution in [3.63, 3.8) is 0 Å². The highest BCUT2D eigenvalue weighted by Gasteiger charge is 2.37. The third kappa shape index (κ3) is 4.66. The molecule has 0 unspecified atom stereocenters. The molecule has 0 radical (unpaired) electrons. The Morgan fingerprint density at radius 2 is 1.96 bits per heavy atom. The summed E-state index contributed by atoms with van der Waals surface area (Å²) in [4.78, 5) is 26.8. The zero-order valence-electron chi connectivity index (χ0n) is 16.6. The van der Waals surface area contributed by atoms with E-state index in [1.807, 2.05) is 12.1 Å². The van der Waals surface area contributed by atoms with E-state index < -0.39 is 0 Å². The Balaban J connectivity index is 1.53. The maximum absolute atomic E-state index is 12.7. The highest BCUT2D eigenvalue weighted by molar-refractivity contribution is 6.30. The number of hydrogen-bond donors (Lipinski definition) is 1. The molecule has 0 spiro atoms. The monoisotopic (exact) mass is 390 g/mol. The van der Waals surface area contributed by atoms with Gasteiger partial charge in [0.05, 0.1) is 5.92 Å². The molecule has 4 nitrogen and oxygen atoms in total. The Morgan fingerprint density at radius 3 is 2.59 bits per heavy atom. The van der Waals surface area contributed by atoms with E-state index in [2.05, 4.69) is 26.1 Å². The molecule has 27 heavy (non-hydrogen) atoms. The van der Waals surface area contributed by atoms with Crippen molar-refractivity contribution in [1.29, 1.82) is 0 Å². The number of anilines is 1. The smallest absolute Gasteiger partial charge is 0.227 e. The molecule has 1 aromatic rings. The second kappa shape index (κ2) is 8.22. The Kier molecular flexibility index (Phi) is 6.15. The van der Waals surface area contributed by atoms with Gasteiger partial charge in [-0.2, -0.15) is 0 Å². The average Bonchev–Trinajstić information content (AvgIpc) is 3.04. The Labute approximate surface area is 167 Å². The fourth-order valence-electron chi connectivity index (χ4n) is 4.40. The molecule has 1 heterocycles. The minimum absolute atomic E-state index is 0.00850. The number of nitrogens with one attached hydrogen (secondary N) is 1. The lowest BCUT2D eigenvalue weighted by molar-refractivity contribution is -0.127. The van der Waals surface area contributed by atoms with Crippen LogP contribution >= 0.6 is 11.6 Å². The summed E-state index contributed by atoms with van der Waals surface area (Å²) in [7, 11) is 0. The number of benzene rings is 1. The molecule has 1 aliphatic carbocycles. The standard InChI is InChI=1S/C22H31ClN2O2/c1-4-22(2,3)16-8-10-18(11-9-16)24-21(27)15-12-20(26)25(14-15)19-7-5-6-17(23)13-19/h5-7,13,15-16,18H,4,8-12,14H2,1-3H3,(H,24,27)/t15-,16?,18?/m0/s1. The molecule has 1 saturated carbocycles. The zero-order valence-corrected chi connectivity index (χ0v) is 17.4. The van der Waals surface area contributed by atoms with Gasteiger partial charge in [0, 0.05) is 29.7 Å². The van der Waals surface area contributed by atoms with Crippen LogP contribution in [0.1, 0.15) is 59.3 Å². The maximum Gasteiger partial charge on any atom is 0.227 e. The molecule has 148 valence electrons. The molecule has 1 aliphatic heterocycles. The maximum atomic E-state index is 12.7. The molecule has 2 fully saturated rings. The molecule has 1 N–H and O–H groups in total. The molecule has 0 bridgehead atoms. The van der Waals surface area contributed by atoms with Crippen LogP contribution in [-0.4, -0.2) is 24.4 Å². The number of amides is 2. The number of carbonyl (C=O) groups excluding carboxylic acids is 2. The lowest BCUT2D eigenvalue weighted by atomic mass is 9.69. The highest BCUT2D eigenvalue weighted by Crippen LogP contribution is 2.40. The fourth-order valence-corrected chi connectivity index (χ4v) is 4.59. The van der Waals surface area contributed by atoms with Crippen LogP contribution in [0.4, 0.5) is 5.69 Å². The van der Waals surface area contributed by atoms with Gasteiger partial charge in [-0.3, -0.25) is 9.59 Å². The summed E-state index contributed by atoms with van der Waals surface area (Å²) in [6.45, 7) is 7.40. The van der Waals surface area contributed by atoms with Crippen molar-refractivity contribution in [2.45, 2.75) is 65.3 Å². The molecular formula is C22H31ClN2O2. The van der Waals surface area contributed by atoms with Gasteiger partial charge in [-0.15, -0.1) is 0 Å². The van der Waals surface area contributed by atoms with Crippen LogP contribution in [-0.2, 0) is 9.59 Å². The van der Waals surface area contributed by atoms with Gasteiger partial charge in [0.25, 0.3) is 0 Å². The van der Waals surface area contributed by atoms with E-state index in [4.69, 9.17) is 11.6 Å². The lowest BCUT2D eigenvalue weighted by Gasteiger charge is -2.39. The normalized spacial score (nSPS) is 26.3. The van der Waals surface area contributed by atoms with E-state index in [9.17, 15) is 9.59 Å². The van der Waals surface area contributed by atoms with E-state index in [0.717, 1.165) is 24.4 Å². The number of rotatable bonds is 5. The van der Waals surface area contributed by atoms with Gasteiger partial charge in [0.15, 0.2) is 0 Å². The molecule has 1 aromatic carbocycles. The van der Waals surface area contributed by atoms with Gasteiger partial charge in [-0.25, -0.2) is 0 Å². The van der Waals surface area contributed by atoms with Gasteiger partial charge >= 0.3 is 0 Å². The first-order valence-corrected chi connectivity index (χ1v) is 10.5. The average molecular weight is 391 g/mol. The summed E-state index contributed by atoms with van der Waals surface area (Å²) < 4.78 is 0. The fraction of sp³-hybridized carbons (Fsp3) is 0.636. The number of halogens is 1. The lowest BCUT2D eigenvalue weighted by Crippen LogP contribution is -2.43. The number of hydrogen-bond acceptors (Lipinski definition) is 2. The summed E-state index contributed by atoms with van der Waals surface area (Å²) in [6.07, 6.45) is 5.89. The van der Waals surface area contributed by atoms with Crippen LogP contribution in [0, 0.1) is 17.3 Å². The SMILES string of the molecule is CCC(C)(C)C1CCC(NC(=O)[C@H]2CC(=O)N(c3cccc(Cl)c3)C2)CC1. The Morgan fingerprint density at radius 1 is 1.26 bits per heavy atom. The van der Waals surface area contributed by atoms with Crippen molar-refractivity contribution in [1.82, 2.24) is 5.32 Å². The Hall–Kier alpha value is -1.55. The van der Waals surface area contributed by atoms with Crippen LogP contribution < -0.4 is 10.2 Å². The van der Waals surface area contributed by atoms with Crippen molar-refractivity contribution in [3.8, 4) is 0 Å². The van der Waals surface area contributed by atoms with Crippen LogP contribution in [0.2, 0.25) is 5.02 Å². The summed E-state index contributed by atoms with van der Waals surface area (Å²) in [5, 5.41) is 3.81. The van der Waals surface area contributed by atoms with Crippen LogP contribution in [0.25, 0.3) is 0 Å². The molecule has 0 aromatic heterocycles. The predicted molar refractivity (Wildman–Crippen MR) is 110 cm³/mol. The van der Waals surface area contributed by atoms with E-state index in [-0.39, 0.29) is 30.2 Å². The third-order valence-corrected chi connectivity index (χ3v) is 6.94. The summed E-state index contributed by atoms with van der Waals surface area (Å²) in [5.74, 6) is 0.472. The molecule has 1 saturated heterocycles. The first-order chi connectivity index (χ1) is 12.8. The number of carbonyl (C=O) groups is 2. The highest BCUT2D eigenvalue weighted by atomic mass is 35.5. The van der Waals surface area contributed by atoms with Crippen molar-refractivity contribution < 1.29 is 9.59 Å². The predicted octanol–water partition coefficient (Wildman–Crippen LogP) is 4.80. The molecular weight excluding hydrogens is 360 g/mol. The van der Waals surface area contributed by atoms with E-state index in [0.29, 0.717) is 17.0 Å². The van der Waals surface area contributed by atoms with Gasteiger partial charge in [0.2, 0.25) is 11.8 Å². The van der Waals surface area contributed by atoms with Crippen molar-refractivity contribution >= 4 is 29.1 Å². The van der Waals surface area contributed by atoms with Crippen molar-refractivity contribution in [2.75, 3.05) is 11.4 Å². The van der Waals surface area contributed by atoms with Crippen molar-refractivity contribution in [3.05, 3.63) is 29.3 Å². The number of nitrogens with zero attached hydrogens (tertiary/aromatic N) is 1. The van der Waals surface area contributed by atoms with E-state index in [1.165, 1.54) is 19.3 Å². The summed E-state index contributed by atoms with van der Waals surface area (Å²) in [6, 6.07) is 7.49.